The maximum atomic E-state index is 4.52. The van der Waals surface area contributed by atoms with Gasteiger partial charge in [-0.1, -0.05) is 48.5 Å². The summed E-state index contributed by atoms with van der Waals surface area (Å²) in [7, 11) is 0. The molecule has 1 aromatic heterocycles. The topological polar surface area (TPSA) is 57.5 Å². The van der Waals surface area contributed by atoms with E-state index in [-0.39, 0.29) is 0 Å². The fraction of sp³-hybridized carbons (Fsp3) is 0.0588. The number of halogens is 1. The van der Waals surface area contributed by atoms with Crippen LogP contribution in [0.5, 0.6) is 0 Å². The van der Waals surface area contributed by atoms with E-state index >= 15 is 0 Å². The first-order chi connectivity index (χ1) is 11.8. The zero-order chi connectivity index (χ0) is 16.4. The summed E-state index contributed by atoms with van der Waals surface area (Å²) in [6.07, 6.45) is 1.85. The Morgan fingerprint density at radius 2 is 1.67 bits per heavy atom. The van der Waals surface area contributed by atoms with Crippen LogP contribution in [0, 0.1) is 3.70 Å². The van der Waals surface area contributed by atoms with Crippen molar-refractivity contribution in [3.63, 3.8) is 0 Å². The number of hydrazine groups is 2. The van der Waals surface area contributed by atoms with Crippen LogP contribution in [0.3, 0.4) is 0 Å². The zero-order valence-corrected chi connectivity index (χ0v) is 14.9. The molecule has 2 N–H and O–H groups in total. The second-order valence-corrected chi connectivity index (χ2v) is 6.35. The van der Waals surface area contributed by atoms with Gasteiger partial charge in [0.2, 0.25) is 0 Å². The smallest absolute Gasteiger partial charge is 0.177 e. The normalized spacial score (nSPS) is 13.7. The van der Waals surface area contributed by atoms with Gasteiger partial charge in [-0.2, -0.15) is 5.10 Å². The monoisotopic (exact) mass is 430 g/mol. The van der Waals surface area contributed by atoms with Crippen LogP contribution in [0.25, 0.3) is 5.69 Å². The summed E-state index contributed by atoms with van der Waals surface area (Å²) < 4.78 is 2.93. The molecule has 0 spiro atoms. The summed E-state index contributed by atoms with van der Waals surface area (Å²) in [4.78, 5) is 0. The Morgan fingerprint density at radius 3 is 2.42 bits per heavy atom. The van der Waals surface area contributed by atoms with Gasteiger partial charge in [-0.3, -0.25) is 5.01 Å². The molecule has 4 rings (SSSR count). The number of hydrogen-bond acceptors (Lipinski definition) is 5. The first kappa shape index (κ1) is 15.2. The lowest BCUT2D eigenvalue weighted by atomic mass is 10.2. The molecule has 7 heteroatoms. The summed E-state index contributed by atoms with van der Waals surface area (Å²) in [5, 5.41) is 10.9. The minimum absolute atomic E-state index is 0.708. The van der Waals surface area contributed by atoms with E-state index in [4.69, 9.17) is 0 Å². The molecule has 0 atom stereocenters. The van der Waals surface area contributed by atoms with Crippen LogP contribution < -0.4 is 11.1 Å². The van der Waals surface area contributed by atoms with Crippen molar-refractivity contribution >= 4 is 28.4 Å². The van der Waals surface area contributed by atoms with Crippen LogP contribution in [-0.4, -0.2) is 20.6 Å². The van der Waals surface area contributed by atoms with Gasteiger partial charge in [0.05, 0.1) is 24.0 Å². The van der Waals surface area contributed by atoms with Crippen LogP contribution in [0.15, 0.2) is 72.0 Å². The van der Waals surface area contributed by atoms with Crippen molar-refractivity contribution in [2.24, 2.45) is 5.10 Å². The highest BCUT2D eigenvalue weighted by atomic mass is 127. The van der Waals surface area contributed by atoms with E-state index in [1.54, 1.807) is 0 Å². The number of aromatic nitrogens is 2. The SMILES string of the molecule is Ic1c(C2=NNNN2Cc2ccccc2)cnn1-c1ccccc1. The summed E-state index contributed by atoms with van der Waals surface area (Å²) in [6.45, 7) is 0.708. The highest BCUT2D eigenvalue weighted by Crippen LogP contribution is 2.20. The van der Waals surface area contributed by atoms with Gasteiger partial charge in [0.25, 0.3) is 0 Å². The molecule has 0 unspecified atom stereocenters. The lowest BCUT2D eigenvalue weighted by Gasteiger charge is -2.18. The number of amidine groups is 1. The van der Waals surface area contributed by atoms with Crippen molar-refractivity contribution < 1.29 is 0 Å². The van der Waals surface area contributed by atoms with Gasteiger partial charge in [-0.05, 0) is 40.3 Å². The number of hydrogen-bond donors (Lipinski definition) is 2. The zero-order valence-electron chi connectivity index (χ0n) is 12.7. The quantitative estimate of drug-likeness (QED) is 0.626. The van der Waals surface area contributed by atoms with E-state index < -0.39 is 0 Å². The first-order valence-electron chi connectivity index (χ1n) is 7.52. The average Bonchev–Trinajstić information content (AvgIpc) is 3.23. The molecule has 0 radical (unpaired) electrons. The summed E-state index contributed by atoms with van der Waals surface area (Å²) in [5.41, 5.74) is 9.12. The Bertz CT molecular complexity index is 859. The van der Waals surface area contributed by atoms with Gasteiger partial charge in [0, 0.05) is 0 Å². The third-order valence-electron chi connectivity index (χ3n) is 3.74. The predicted octanol–water partition coefficient (Wildman–Crippen LogP) is 2.66. The Balaban J connectivity index is 1.63. The highest BCUT2D eigenvalue weighted by Gasteiger charge is 2.24. The van der Waals surface area contributed by atoms with E-state index in [1.165, 1.54) is 5.56 Å². The maximum absolute atomic E-state index is 4.52. The van der Waals surface area contributed by atoms with E-state index in [9.17, 15) is 0 Å². The number of benzene rings is 2. The Kier molecular flexibility index (Phi) is 4.18. The first-order valence-corrected chi connectivity index (χ1v) is 8.60. The van der Waals surface area contributed by atoms with E-state index in [1.807, 2.05) is 64.4 Å². The van der Waals surface area contributed by atoms with Crippen LogP contribution >= 0.6 is 22.6 Å². The van der Waals surface area contributed by atoms with Gasteiger partial charge in [-0.25, -0.2) is 10.2 Å². The van der Waals surface area contributed by atoms with Crippen LogP contribution in [0.4, 0.5) is 0 Å². The number of rotatable bonds is 4. The minimum atomic E-state index is 0.708. The molecule has 24 heavy (non-hydrogen) atoms. The van der Waals surface area contributed by atoms with Gasteiger partial charge in [0.15, 0.2) is 5.84 Å². The number of nitrogens with zero attached hydrogens (tertiary/aromatic N) is 4. The Morgan fingerprint density at radius 1 is 0.958 bits per heavy atom. The fourth-order valence-electron chi connectivity index (χ4n) is 2.57. The van der Waals surface area contributed by atoms with Gasteiger partial charge in [-0.15, -0.1) is 10.6 Å². The number of nitrogens with one attached hydrogen (secondary N) is 2. The highest BCUT2D eigenvalue weighted by molar-refractivity contribution is 14.1. The minimum Gasteiger partial charge on any atom is -0.266 e. The largest absolute Gasteiger partial charge is 0.266 e. The Hall–Kier alpha value is -2.39. The standard InChI is InChI=1S/C17H15IN6/c18-16-15(11-19-24(16)14-9-5-2-6-10-14)17-20-21-22-23(17)12-13-7-3-1-4-8-13/h1-11,21-22H,12H2. The molecule has 3 aromatic rings. The lowest BCUT2D eigenvalue weighted by Crippen LogP contribution is -2.40. The lowest BCUT2D eigenvalue weighted by molar-refractivity contribution is 0.288. The molecule has 1 aliphatic rings. The second kappa shape index (κ2) is 6.62. The molecule has 0 fully saturated rings. The third kappa shape index (κ3) is 2.87. The van der Waals surface area contributed by atoms with Crippen molar-refractivity contribution in [3.05, 3.63) is 81.7 Å². The molecular formula is C17H15IN6. The Labute approximate surface area is 153 Å². The summed E-state index contributed by atoms with van der Waals surface area (Å²) >= 11 is 2.31. The molecule has 0 saturated heterocycles. The van der Waals surface area contributed by atoms with Crippen molar-refractivity contribution in [1.82, 2.24) is 25.9 Å². The van der Waals surface area contributed by atoms with Crippen molar-refractivity contribution in [1.29, 1.82) is 0 Å². The predicted molar refractivity (Wildman–Crippen MR) is 101 cm³/mol. The van der Waals surface area contributed by atoms with Gasteiger partial charge in [0.1, 0.15) is 3.70 Å². The molecule has 6 nitrogen and oxygen atoms in total. The molecule has 0 saturated carbocycles. The van der Waals surface area contributed by atoms with Crippen LogP contribution in [-0.2, 0) is 6.54 Å². The molecule has 0 amide bonds. The third-order valence-corrected chi connectivity index (χ3v) is 4.78. The van der Waals surface area contributed by atoms with Crippen LogP contribution in [0.1, 0.15) is 11.1 Å². The van der Waals surface area contributed by atoms with E-state index in [2.05, 4.69) is 56.0 Å². The van der Waals surface area contributed by atoms with E-state index in [0.29, 0.717) is 6.54 Å². The molecule has 0 aliphatic carbocycles. The second-order valence-electron chi connectivity index (χ2n) is 5.33. The number of hydrazone groups is 1. The van der Waals surface area contributed by atoms with Crippen molar-refractivity contribution in [2.45, 2.75) is 6.54 Å². The molecule has 1 aliphatic heterocycles. The van der Waals surface area contributed by atoms with Crippen molar-refractivity contribution in [3.8, 4) is 5.69 Å². The molecule has 2 aromatic carbocycles. The van der Waals surface area contributed by atoms with Gasteiger partial charge < -0.3 is 0 Å². The number of para-hydroxylation sites is 1. The molecule has 120 valence electrons. The summed E-state index contributed by atoms with van der Waals surface area (Å²) in [5.74, 6) is 0.824. The molecule has 2 heterocycles. The average molecular weight is 430 g/mol. The van der Waals surface area contributed by atoms with Crippen molar-refractivity contribution in [2.75, 3.05) is 0 Å². The maximum Gasteiger partial charge on any atom is 0.177 e. The fourth-order valence-corrected chi connectivity index (χ4v) is 3.35. The van der Waals surface area contributed by atoms with Gasteiger partial charge >= 0.3 is 0 Å². The van der Waals surface area contributed by atoms with E-state index in [0.717, 1.165) is 20.8 Å². The van der Waals surface area contributed by atoms with Crippen LogP contribution in [0.2, 0.25) is 0 Å². The molecular weight excluding hydrogens is 415 g/mol. The summed E-state index contributed by atoms with van der Waals surface area (Å²) in [6, 6.07) is 20.3. The molecule has 0 bridgehead atoms.